The van der Waals surface area contributed by atoms with Gasteiger partial charge in [0.25, 0.3) is 0 Å². The molecule has 0 saturated carbocycles. The normalized spacial score (nSPS) is 18.5. The molecule has 0 spiro atoms. The average molecular weight is 461 g/mol. The van der Waals surface area contributed by atoms with E-state index < -0.39 is 0 Å². The number of fused-ring (bicyclic) bond motifs is 1. The van der Waals surface area contributed by atoms with Gasteiger partial charge in [-0.3, -0.25) is 4.90 Å². The van der Waals surface area contributed by atoms with Gasteiger partial charge < -0.3 is 14.7 Å². The highest BCUT2D eigenvalue weighted by Crippen LogP contribution is 2.38. The van der Waals surface area contributed by atoms with E-state index in [2.05, 4.69) is 28.0 Å². The number of likely N-dealkylation sites (tertiary alicyclic amines) is 1. The Hall–Kier alpha value is -3.05. The van der Waals surface area contributed by atoms with Gasteiger partial charge in [0, 0.05) is 25.2 Å². The van der Waals surface area contributed by atoms with E-state index in [9.17, 15) is 9.50 Å². The zero-order chi connectivity index (χ0) is 23.3. The second kappa shape index (κ2) is 10.5. The van der Waals surface area contributed by atoms with Crippen molar-refractivity contribution < 1.29 is 14.2 Å². The summed E-state index contributed by atoms with van der Waals surface area (Å²) in [5.41, 5.74) is 4.55. The number of rotatable bonds is 7. The van der Waals surface area contributed by atoms with Crippen molar-refractivity contribution >= 4 is 5.69 Å². The van der Waals surface area contributed by atoms with Crippen molar-refractivity contribution in [2.24, 2.45) is 0 Å². The second-order valence-electron chi connectivity index (χ2n) is 9.38. The lowest BCUT2D eigenvalue weighted by atomic mass is 9.88. The summed E-state index contributed by atoms with van der Waals surface area (Å²) in [5, 5.41) is 10.0. The molecule has 2 heterocycles. The van der Waals surface area contributed by atoms with Crippen molar-refractivity contribution in [2.75, 3.05) is 37.7 Å². The third-order valence-corrected chi connectivity index (χ3v) is 7.14. The lowest BCUT2D eigenvalue weighted by Crippen LogP contribution is -2.37. The maximum absolute atomic E-state index is 13.6. The van der Waals surface area contributed by atoms with E-state index in [4.69, 9.17) is 4.74 Å². The van der Waals surface area contributed by atoms with Crippen LogP contribution in [0.1, 0.15) is 42.0 Å². The van der Waals surface area contributed by atoms with Crippen LogP contribution in [0.4, 0.5) is 10.1 Å². The molecule has 0 amide bonds. The zero-order valence-electron chi connectivity index (χ0n) is 19.6. The Labute approximate surface area is 201 Å². The quantitative estimate of drug-likeness (QED) is 0.488. The predicted molar refractivity (Wildman–Crippen MR) is 134 cm³/mol. The van der Waals surface area contributed by atoms with E-state index in [0.717, 1.165) is 37.4 Å². The summed E-state index contributed by atoms with van der Waals surface area (Å²) in [4.78, 5) is 4.84. The Balaban J connectivity index is 1.38. The van der Waals surface area contributed by atoms with Crippen molar-refractivity contribution in [3.05, 3.63) is 89.2 Å². The van der Waals surface area contributed by atoms with E-state index in [1.54, 1.807) is 6.07 Å². The second-order valence-corrected chi connectivity index (χ2v) is 9.38. The van der Waals surface area contributed by atoms with Crippen LogP contribution in [-0.2, 0) is 12.8 Å². The van der Waals surface area contributed by atoms with Crippen molar-refractivity contribution in [1.29, 1.82) is 0 Å². The molecule has 5 heteroatoms. The number of ether oxygens (including phenoxy) is 1. The van der Waals surface area contributed by atoms with Crippen LogP contribution in [0, 0.1) is 5.82 Å². The van der Waals surface area contributed by atoms with Gasteiger partial charge in [-0.2, -0.15) is 0 Å². The minimum Gasteiger partial charge on any atom is -0.508 e. The van der Waals surface area contributed by atoms with Gasteiger partial charge >= 0.3 is 0 Å². The molecule has 34 heavy (non-hydrogen) atoms. The van der Waals surface area contributed by atoms with Crippen LogP contribution in [-0.4, -0.2) is 42.8 Å². The van der Waals surface area contributed by atoms with Gasteiger partial charge in [-0.05, 0) is 91.5 Å². The van der Waals surface area contributed by atoms with Crippen LogP contribution in [0.5, 0.6) is 11.5 Å². The maximum Gasteiger partial charge on any atom is 0.123 e. The zero-order valence-corrected chi connectivity index (χ0v) is 19.6. The number of phenols is 1. The molecule has 0 aromatic heterocycles. The predicted octanol–water partition coefficient (Wildman–Crippen LogP) is 5.74. The number of phenolic OH excluding ortho intramolecular Hbond substituents is 1. The van der Waals surface area contributed by atoms with Crippen LogP contribution < -0.4 is 9.64 Å². The molecule has 178 valence electrons. The maximum atomic E-state index is 13.6. The number of para-hydroxylation sites is 1. The van der Waals surface area contributed by atoms with Crippen LogP contribution in [0.25, 0.3) is 0 Å². The minimum atomic E-state index is -0.227. The molecule has 0 bridgehead atoms. The number of anilines is 1. The standard InChI is InChI=1S/C29H33FN2O2/c30-24-8-10-25(11-9-24)32-17-14-22-20-26(33)12-13-27(22)28(32)21-23-6-2-3-7-29(23)34-19-18-31-15-4-1-5-16-31/h2-3,6-13,20,28,33H,1,4-5,14-19,21H2. The van der Waals surface area contributed by atoms with Crippen LogP contribution >= 0.6 is 0 Å². The van der Waals surface area contributed by atoms with Crippen molar-refractivity contribution in [3.63, 3.8) is 0 Å². The minimum absolute atomic E-state index is 0.0710. The molecule has 0 aliphatic carbocycles. The molecule has 1 saturated heterocycles. The third-order valence-electron chi connectivity index (χ3n) is 7.14. The van der Waals surface area contributed by atoms with Gasteiger partial charge in [0.15, 0.2) is 0 Å². The third kappa shape index (κ3) is 5.20. The van der Waals surface area contributed by atoms with Crippen molar-refractivity contribution in [2.45, 2.75) is 38.1 Å². The van der Waals surface area contributed by atoms with Gasteiger partial charge in [0.2, 0.25) is 0 Å². The average Bonchev–Trinajstić information content (AvgIpc) is 2.86. The Morgan fingerprint density at radius 3 is 2.53 bits per heavy atom. The Bertz CT molecular complexity index is 1100. The Morgan fingerprint density at radius 1 is 0.912 bits per heavy atom. The molecular weight excluding hydrogens is 427 g/mol. The molecule has 4 nitrogen and oxygen atoms in total. The first-order valence-electron chi connectivity index (χ1n) is 12.4. The fourth-order valence-corrected chi connectivity index (χ4v) is 5.35. The molecular formula is C29H33FN2O2. The highest BCUT2D eigenvalue weighted by atomic mass is 19.1. The summed E-state index contributed by atoms with van der Waals surface area (Å²) >= 11 is 0. The van der Waals surface area contributed by atoms with E-state index in [1.165, 1.54) is 61.2 Å². The van der Waals surface area contributed by atoms with Gasteiger partial charge in [0.1, 0.15) is 23.9 Å². The molecule has 1 atom stereocenters. The monoisotopic (exact) mass is 460 g/mol. The SMILES string of the molecule is Oc1ccc2c(c1)CCN(c1ccc(F)cc1)C2Cc1ccccc1OCCN1CCCCC1. The molecule has 3 aromatic carbocycles. The first kappa shape index (κ1) is 22.7. The fourth-order valence-electron chi connectivity index (χ4n) is 5.35. The van der Waals surface area contributed by atoms with Crippen LogP contribution in [0.15, 0.2) is 66.7 Å². The summed E-state index contributed by atoms with van der Waals surface area (Å²) in [7, 11) is 0. The largest absolute Gasteiger partial charge is 0.508 e. The molecule has 2 aliphatic rings. The highest BCUT2D eigenvalue weighted by molar-refractivity contribution is 5.54. The summed E-state index contributed by atoms with van der Waals surface area (Å²) < 4.78 is 19.9. The van der Waals surface area contributed by atoms with Gasteiger partial charge in [-0.15, -0.1) is 0 Å². The molecule has 2 aliphatic heterocycles. The van der Waals surface area contributed by atoms with E-state index in [1.807, 2.05) is 30.3 Å². The Morgan fingerprint density at radius 2 is 1.71 bits per heavy atom. The number of hydrogen-bond donors (Lipinski definition) is 1. The molecule has 1 unspecified atom stereocenters. The van der Waals surface area contributed by atoms with E-state index in [-0.39, 0.29) is 11.9 Å². The van der Waals surface area contributed by atoms with E-state index >= 15 is 0 Å². The van der Waals surface area contributed by atoms with Gasteiger partial charge in [0.05, 0.1) is 6.04 Å². The molecule has 1 N–H and O–H groups in total. The number of aromatic hydroxyl groups is 1. The lowest BCUT2D eigenvalue weighted by Gasteiger charge is -2.39. The summed E-state index contributed by atoms with van der Waals surface area (Å²) in [5.74, 6) is 1.01. The van der Waals surface area contributed by atoms with Crippen molar-refractivity contribution in [1.82, 2.24) is 4.90 Å². The molecule has 3 aromatic rings. The van der Waals surface area contributed by atoms with E-state index in [0.29, 0.717) is 12.4 Å². The van der Waals surface area contributed by atoms with Crippen LogP contribution in [0.2, 0.25) is 0 Å². The number of piperidine rings is 1. The van der Waals surface area contributed by atoms with Gasteiger partial charge in [-0.1, -0.05) is 30.7 Å². The van der Waals surface area contributed by atoms with Crippen molar-refractivity contribution in [3.8, 4) is 11.5 Å². The molecule has 0 radical (unpaired) electrons. The van der Waals surface area contributed by atoms with Crippen LogP contribution in [0.3, 0.4) is 0 Å². The fraction of sp³-hybridized carbons (Fsp3) is 0.379. The molecule has 1 fully saturated rings. The summed E-state index contributed by atoms with van der Waals surface area (Å²) in [6.07, 6.45) is 5.52. The first-order chi connectivity index (χ1) is 16.7. The summed E-state index contributed by atoms with van der Waals surface area (Å²) in [6, 6.07) is 20.8. The Kier molecular flexibility index (Phi) is 7.00. The topological polar surface area (TPSA) is 35.9 Å². The summed E-state index contributed by atoms with van der Waals surface area (Å²) in [6.45, 7) is 4.80. The number of hydrogen-bond acceptors (Lipinski definition) is 4. The van der Waals surface area contributed by atoms with Gasteiger partial charge in [-0.25, -0.2) is 4.39 Å². The number of halogens is 1. The lowest BCUT2D eigenvalue weighted by molar-refractivity contribution is 0.182. The number of benzene rings is 3. The molecule has 5 rings (SSSR count). The first-order valence-corrected chi connectivity index (χ1v) is 12.4. The smallest absolute Gasteiger partial charge is 0.123 e. The highest BCUT2D eigenvalue weighted by Gasteiger charge is 2.29. The number of nitrogens with zero attached hydrogens (tertiary/aromatic N) is 2.